The molecule has 0 N–H and O–H groups in total. The third-order valence-electron chi connectivity index (χ3n) is 4.89. The van der Waals surface area contributed by atoms with E-state index in [0.29, 0.717) is 6.04 Å². The van der Waals surface area contributed by atoms with Crippen molar-refractivity contribution in [1.29, 1.82) is 0 Å². The monoisotopic (exact) mass is 323 g/mol. The van der Waals surface area contributed by atoms with Crippen molar-refractivity contribution in [2.24, 2.45) is 0 Å². The first-order valence-electron chi connectivity index (χ1n) is 8.35. The molecule has 0 radical (unpaired) electrons. The van der Waals surface area contributed by atoms with Crippen LogP contribution in [-0.2, 0) is 0 Å². The lowest BCUT2D eigenvalue weighted by molar-refractivity contribution is 0.426. The van der Waals surface area contributed by atoms with Gasteiger partial charge in [0.05, 0.1) is 5.39 Å². The predicted octanol–water partition coefficient (Wildman–Crippen LogP) is 5.13. The van der Waals surface area contributed by atoms with Gasteiger partial charge in [0.1, 0.15) is 17.0 Å². The van der Waals surface area contributed by atoms with Gasteiger partial charge in [-0.25, -0.2) is 9.97 Å². The maximum absolute atomic E-state index is 4.66. The first-order valence-corrected chi connectivity index (χ1v) is 9.23. The standard InChI is InChI=1S/C19H21N3S/c1-22(15-10-6-3-7-11-15)18-17-16(14-8-4-2-5-9-14)12-23-19(17)21-13-20-18/h2,4-5,8-9,12-13,15H,3,6-7,10-11H2,1H3. The normalized spacial score (nSPS) is 15.9. The molecule has 3 aromatic rings. The molecule has 0 spiro atoms. The summed E-state index contributed by atoms with van der Waals surface area (Å²) in [6, 6.07) is 11.2. The van der Waals surface area contributed by atoms with Crippen LogP contribution in [0, 0.1) is 0 Å². The molecule has 1 aliphatic rings. The van der Waals surface area contributed by atoms with E-state index in [1.54, 1.807) is 17.7 Å². The molecule has 0 bridgehead atoms. The van der Waals surface area contributed by atoms with Crippen LogP contribution in [0.5, 0.6) is 0 Å². The highest BCUT2D eigenvalue weighted by Gasteiger charge is 2.22. The van der Waals surface area contributed by atoms with Gasteiger partial charge in [0.2, 0.25) is 0 Å². The summed E-state index contributed by atoms with van der Waals surface area (Å²) in [7, 11) is 2.20. The van der Waals surface area contributed by atoms with Crippen LogP contribution in [0.15, 0.2) is 42.0 Å². The molecule has 4 heteroatoms. The van der Waals surface area contributed by atoms with Crippen molar-refractivity contribution in [3.8, 4) is 11.1 Å². The van der Waals surface area contributed by atoms with Crippen molar-refractivity contribution in [2.45, 2.75) is 38.1 Å². The number of thiophene rings is 1. The average Bonchev–Trinajstić information content (AvgIpc) is 3.07. The van der Waals surface area contributed by atoms with Gasteiger partial charge in [-0.1, -0.05) is 49.6 Å². The zero-order valence-electron chi connectivity index (χ0n) is 13.4. The van der Waals surface area contributed by atoms with E-state index in [1.807, 2.05) is 0 Å². The molecular formula is C19H21N3S. The molecule has 1 saturated carbocycles. The Balaban J connectivity index is 1.82. The van der Waals surface area contributed by atoms with Gasteiger partial charge in [0.25, 0.3) is 0 Å². The number of aromatic nitrogens is 2. The summed E-state index contributed by atoms with van der Waals surface area (Å²) in [5, 5.41) is 3.42. The molecule has 0 saturated heterocycles. The molecule has 2 heterocycles. The van der Waals surface area contributed by atoms with Crippen LogP contribution in [0.3, 0.4) is 0 Å². The second kappa shape index (κ2) is 6.28. The molecule has 3 nitrogen and oxygen atoms in total. The molecule has 23 heavy (non-hydrogen) atoms. The minimum atomic E-state index is 0.602. The Hall–Kier alpha value is -1.94. The van der Waals surface area contributed by atoms with E-state index in [4.69, 9.17) is 0 Å². The van der Waals surface area contributed by atoms with Crippen molar-refractivity contribution >= 4 is 27.4 Å². The fourth-order valence-corrected chi connectivity index (χ4v) is 4.51. The van der Waals surface area contributed by atoms with Gasteiger partial charge in [-0.05, 0) is 18.4 Å². The van der Waals surface area contributed by atoms with Gasteiger partial charge in [-0.3, -0.25) is 0 Å². The van der Waals surface area contributed by atoms with Gasteiger partial charge in [0.15, 0.2) is 0 Å². The second-order valence-electron chi connectivity index (χ2n) is 6.30. The van der Waals surface area contributed by atoms with Gasteiger partial charge < -0.3 is 4.90 Å². The Bertz CT molecular complexity index is 791. The predicted molar refractivity (Wildman–Crippen MR) is 98.1 cm³/mol. The van der Waals surface area contributed by atoms with Crippen molar-refractivity contribution in [3.05, 3.63) is 42.0 Å². The van der Waals surface area contributed by atoms with Crippen LogP contribution >= 0.6 is 11.3 Å². The third kappa shape index (κ3) is 2.72. The molecule has 4 rings (SSSR count). The van der Waals surface area contributed by atoms with E-state index in [2.05, 4.69) is 57.6 Å². The SMILES string of the molecule is CN(c1ncnc2scc(-c3ccccc3)c12)C1CCCCC1. The molecule has 0 aliphatic heterocycles. The fourth-order valence-electron chi connectivity index (χ4n) is 3.60. The van der Waals surface area contributed by atoms with Crippen molar-refractivity contribution in [1.82, 2.24) is 9.97 Å². The summed E-state index contributed by atoms with van der Waals surface area (Å²) in [5.74, 6) is 1.09. The molecule has 1 aromatic carbocycles. The maximum atomic E-state index is 4.66. The Kier molecular flexibility index (Phi) is 4.00. The number of hydrogen-bond donors (Lipinski definition) is 0. The zero-order chi connectivity index (χ0) is 15.6. The van der Waals surface area contributed by atoms with Crippen LogP contribution in [0.2, 0.25) is 0 Å². The number of hydrogen-bond acceptors (Lipinski definition) is 4. The maximum Gasteiger partial charge on any atom is 0.141 e. The van der Waals surface area contributed by atoms with E-state index in [-0.39, 0.29) is 0 Å². The number of nitrogens with zero attached hydrogens (tertiary/aromatic N) is 3. The molecule has 1 fully saturated rings. The highest BCUT2D eigenvalue weighted by Crippen LogP contribution is 2.38. The second-order valence-corrected chi connectivity index (χ2v) is 7.15. The summed E-state index contributed by atoms with van der Waals surface area (Å²) in [4.78, 5) is 12.6. The largest absolute Gasteiger partial charge is 0.356 e. The van der Waals surface area contributed by atoms with Crippen molar-refractivity contribution in [3.63, 3.8) is 0 Å². The Labute approximate surface area is 141 Å². The lowest BCUT2D eigenvalue weighted by Crippen LogP contribution is -2.34. The minimum absolute atomic E-state index is 0.602. The van der Waals surface area contributed by atoms with E-state index >= 15 is 0 Å². The number of rotatable bonds is 3. The topological polar surface area (TPSA) is 29.0 Å². The lowest BCUT2D eigenvalue weighted by atomic mass is 9.94. The van der Waals surface area contributed by atoms with Crippen LogP contribution in [0.1, 0.15) is 32.1 Å². The summed E-state index contributed by atoms with van der Waals surface area (Å²) < 4.78 is 0. The molecule has 0 unspecified atom stereocenters. The van der Waals surface area contributed by atoms with Crippen LogP contribution < -0.4 is 4.90 Å². The first-order chi connectivity index (χ1) is 11.3. The van der Waals surface area contributed by atoms with Crippen molar-refractivity contribution < 1.29 is 0 Å². The lowest BCUT2D eigenvalue weighted by Gasteiger charge is -2.32. The smallest absolute Gasteiger partial charge is 0.141 e. The van der Waals surface area contributed by atoms with E-state index in [0.717, 1.165) is 10.6 Å². The Morgan fingerprint density at radius 3 is 2.61 bits per heavy atom. The first kappa shape index (κ1) is 14.6. The number of anilines is 1. The molecule has 0 atom stereocenters. The van der Waals surface area contributed by atoms with E-state index < -0.39 is 0 Å². The van der Waals surface area contributed by atoms with Crippen LogP contribution in [0.25, 0.3) is 21.3 Å². The summed E-state index contributed by atoms with van der Waals surface area (Å²) in [5.41, 5.74) is 2.50. The third-order valence-corrected chi connectivity index (χ3v) is 5.78. The average molecular weight is 323 g/mol. The molecule has 1 aliphatic carbocycles. The summed E-state index contributed by atoms with van der Waals surface area (Å²) >= 11 is 1.71. The quantitative estimate of drug-likeness (QED) is 0.669. The summed E-state index contributed by atoms with van der Waals surface area (Å²) in [6.07, 6.45) is 8.29. The highest BCUT2D eigenvalue weighted by atomic mass is 32.1. The van der Waals surface area contributed by atoms with Gasteiger partial charge in [-0.2, -0.15) is 0 Å². The van der Waals surface area contributed by atoms with Gasteiger partial charge in [-0.15, -0.1) is 11.3 Å². The molecular weight excluding hydrogens is 302 g/mol. The van der Waals surface area contributed by atoms with E-state index in [1.165, 1.54) is 48.6 Å². The Morgan fingerprint density at radius 2 is 1.83 bits per heavy atom. The van der Waals surface area contributed by atoms with Crippen LogP contribution in [0.4, 0.5) is 5.82 Å². The van der Waals surface area contributed by atoms with Gasteiger partial charge in [0, 0.05) is 24.0 Å². The molecule has 0 amide bonds. The molecule has 2 aromatic heterocycles. The zero-order valence-corrected chi connectivity index (χ0v) is 14.2. The highest BCUT2D eigenvalue weighted by molar-refractivity contribution is 7.17. The fraction of sp³-hybridized carbons (Fsp3) is 0.368. The minimum Gasteiger partial charge on any atom is -0.356 e. The number of benzene rings is 1. The Morgan fingerprint density at radius 1 is 1.04 bits per heavy atom. The molecule has 118 valence electrons. The number of fused-ring (bicyclic) bond motifs is 1. The van der Waals surface area contributed by atoms with Crippen LogP contribution in [-0.4, -0.2) is 23.1 Å². The van der Waals surface area contributed by atoms with Gasteiger partial charge >= 0.3 is 0 Å². The van der Waals surface area contributed by atoms with E-state index in [9.17, 15) is 0 Å². The van der Waals surface area contributed by atoms with Crippen molar-refractivity contribution in [2.75, 3.05) is 11.9 Å². The summed E-state index contributed by atoms with van der Waals surface area (Å²) in [6.45, 7) is 0.